The Morgan fingerprint density at radius 2 is 1.79 bits per heavy atom. The van der Waals surface area contributed by atoms with Crippen LogP contribution < -0.4 is 5.32 Å². The van der Waals surface area contributed by atoms with Crippen molar-refractivity contribution in [2.75, 3.05) is 25.0 Å². The van der Waals surface area contributed by atoms with Crippen molar-refractivity contribution in [1.29, 1.82) is 0 Å². The number of hydrogen-bond donors (Lipinski definition) is 1. The van der Waals surface area contributed by atoms with E-state index in [1.165, 1.54) is 35.2 Å². The van der Waals surface area contributed by atoms with Crippen LogP contribution in [0.3, 0.4) is 0 Å². The second-order valence-corrected chi connectivity index (χ2v) is 5.67. The molecule has 0 aromatic heterocycles. The minimum absolute atomic E-state index is 0.578. The maximum Gasteiger partial charge on any atom is 0.0598 e. The number of terminal acetylenes is 1. The first kappa shape index (κ1) is 14.0. The number of piperidine rings is 1. The Kier molecular flexibility index (Phi) is 4.50. The van der Waals surface area contributed by atoms with Crippen LogP contribution in [0, 0.1) is 33.1 Å². The molecule has 0 unspecified atom stereocenters. The summed E-state index contributed by atoms with van der Waals surface area (Å²) < 4.78 is 0. The van der Waals surface area contributed by atoms with E-state index in [4.69, 9.17) is 6.42 Å². The third kappa shape index (κ3) is 3.52. The van der Waals surface area contributed by atoms with Crippen LogP contribution in [0.25, 0.3) is 0 Å². The quantitative estimate of drug-likeness (QED) is 0.836. The van der Waals surface area contributed by atoms with E-state index in [2.05, 4.69) is 49.0 Å². The van der Waals surface area contributed by atoms with Gasteiger partial charge in [-0.05, 0) is 44.7 Å². The molecule has 0 aliphatic carbocycles. The number of nitrogens with zero attached hydrogens (tertiary/aromatic N) is 1. The molecule has 0 saturated carbocycles. The molecular formula is C17H24N2. The molecule has 1 aromatic rings. The van der Waals surface area contributed by atoms with Crippen LogP contribution in [0.4, 0.5) is 5.69 Å². The Labute approximate surface area is 117 Å². The molecule has 2 nitrogen and oxygen atoms in total. The second-order valence-electron chi connectivity index (χ2n) is 5.67. The molecule has 0 atom stereocenters. The van der Waals surface area contributed by atoms with Gasteiger partial charge in [0.05, 0.1) is 6.54 Å². The zero-order valence-electron chi connectivity index (χ0n) is 12.3. The fraction of sp³-hybridized carbons (Fsp3) is 0.529. The Balaban J connectivity index is 1.98. The lowest BCUT2D eigenvalue weighted by Gasteiger charge is -2.32. The van der Waals surface area contributed by atoms with Crippen molar-refractivity contribution in [2.24, 2.45) is 0 Å². The Bertz CT molecular complexity index is 454. The van der Waals surface area contributed by atoms with E-state index >= 15 is 0 Å². The predicted molar refractivity (Wildman–Crippen MR) is 82.6 cm³/mol. The van der Waals surface area contributed by atoms with Crippen molar-refractivity contribution in [2.45, 2.75) is 39.7 Å². The maximum absolute atomic E-state index is 5.36. The van der Waals surface area contributed by atoms with Gasteiger partial charge in [-0.2, -0.15) is 0 Å². The Hall–Kier alpha value is -1.46. The van der Waals surface area contributed by atoms with E-state index in [9.17, 15) is 0 Å². The SMILES string of the molecule is C#CCN1CCC(Nc2c(C)cc(C)cc2C)CC1. The van der Waals surface area contributed by atoms with Gasteiger partial charge in [0, 0.05) is 24.8 Å². The molecule has 1 saturated heterocycles. The smallest absolute Gasteiger partial charge is 0.0598 e. The van der Waals surface area contributed by atoms with Gasteiger partial charge in [0.15, 0.2) is 0 Å². The summed E-state index contributed by atoms with van der Waals surface area (Å²) in [5.74, 6) is 2.73. The van der Waals surface area contributed by atoms with Gasteiger partial charge in [0.2, 0.25) is 0 Å². The molecule has 2 heteroatoms. The van der Waals surface area contributed by atoms with Gasteiger partial charge in [0.1, 0.15) is 0 Å². The summed E-state index contributed by atoms with van der Waals surface area (Å²) in [7, 11) is 0. The topological polar surface area (TPSA) is 15.3 Å². The number of nitrogens with one attached hydrogen (secondary N) is 1. The van der Waals surface area contributed by atoms with Crippen LogP contribution in [0.1, 0.15) is 29.5 Å². The average Bonchev–Trinajstić information content (AvgIpc) is 2.36. The molecule has 1 fully saturated rings. The lowest BCUT2D eigenvalue weighted by atomic mass is 10.0. The predicted octanol–water partition coefficient (Wildman–Crippen LogP) is 3.12. The van der Waals surface area contributed by atoms with Gasteiger partial charge in [-0.25, -0.2) is 0 Å². The van der Waals surface area contributed by atoms with Crippen molar-refractivity contribution in [1.82, 2.24) is 4.90 Å². The highest BCUT2D eigenvalue weighted by Gasteiger charge is 2.19. The molecule has 0 amide bonds. The van der Waals surface area contributed by atoms with Crippen LogP contribution in [-0.4, -0.2) is 30.6 Å². The van der Waals surface area contributed by atoms with Crippen molar-refractivity contribution < 1.29 is 0 Å². The summed E-state index contributed by atoms with van der Waals surface area (Å²) >= 11 is 0. The van der Waals surface area contributed by atoms with Crippen molar-refractivity contribution in [3.05, 3.63) is 28.8 Å². The lowest BCUT2D eigenvalue weighted by molar-refractivity contribution is 0.243. The van der Waals surface area contributed by atoms with Crippen molar-refractivity contribution >= 4 is 5.69 Å². The van der Waals surface area contributed by atoms with Gasteiger partial charge in [-0.1, -0.05) is 23.6 Å². The summed E-state index contributed by atoms with van der Waals surface area (Å²) in [6.45, 7) is 9.53. The normalized spacial score (nSPS) is 17.2. The first-order chi connectivity index (χ1) is 9.10. The van der Waals surface area contributed by atoms with Gasteiger partial charge >= 0.3 is 0 Å². The second kappa shape index (κ2) is 6.12. The Morgan fingerprint density at radius 3 is 2.32 bits per heavy atom. The molecule has 1 aromatic carbocycles. The van der Waals surface area contributed by atoms with Gasteiger partial charge < -0.3 is 5.32 Å². The number of hydrogen-bond acceptors (Lipinski definition) is 2. The lowest BCUT2D eigenvalue weighted by Crippen LogP contribution is -2.39. The van der Waals surface area contributed by atoms with Crippen LogP contribution in [0.2, 0.25) is 0 Å². The summed E-state index contributed by atoms with van der Waals surface area (Å²) in [4.78, 5) is 2.35. The fourth-order valence-electron chi connectivity index (χ4n) is 2.98. The third-order valence-electron chi connectivity index (χ3n) is 3.93. The third-order valence-corrected chi connectivity index (χ3v) is 3.93. The molecule has 2 rings (SSSR count). The van der Waals surface area contributed by atoms with E-state index in [0.29, 0.717) is 6.04 Å². The highest BCUT2D eigenvalue weighted by molar-refractivity contribution is 5.58. The van der Waals surface area contributed by atoms with Gasteiger partial charge in [-0.3, -0.25) is 4.90 Å². The Morgan fingerprint density at radius 1 is 1.21 bits per heavy atom. The van der Waals surface area contributed by atoms with Crippen molar-refractivity contribution in [3.63, 3.8) is 0 Å². The molecule has 1 aliphatic heterocycles. The zero-order chi connectivity index (χ0) is 13.8. The van der Waals surface area contributed by atoms with E-state index < -0.39 is 0 Å². The number of rotatable bonds is 3. The monoisotopic (exact) mass is 256 g/mol. The minimum Gasteiger partial charge on any atom is -0.382 e. The molecule has 0 spiro atoms. The van der Waals surface area contributed by atoms with E-state index in [-0.39, 0.29) is 0 Å². The summed E-state index contributed by atoms with van der Waals surface area (Å²) in [5, 5.41) is 3.73. The van der Waals surface area contributed by atoms with Gasteiger partial charge in [0.25, 0.3) is 0 Å². The van der Waals surface area contributed by atoms with Crippen LogP contribution >= 0.6 is 0 Å². The highest BCUT2D eigenvalue weighted by Crippen LogP contribution is 2.25. The van der Waals surface area contributed by atoms with Crippen molar-refractivity contribution in [3.8, 4) is 12.3 Å². The first-order valence-corrected chi connectivity index (χ1v) is 7.10. The molecule has 1 heterocycles. The number of anilines is 1. The molecule has 102 valence electrons. The summed E-state index contributed by atoms with van der Waals surface area (Å²) in [5.41, 5.74) is 5.36. The summed E-state index contributed by atoms with van der Waals surface area (Å²) in [6.07, 6.45) is 7.71. The van der Waals surface area contributed by atoms with E-state index in [1.54, 1.807) is 0 Å². The molecule has 0 bridgehead atoms. The molecular weight excluding hydrogens is 232 g/mol. The molecule has 19 heavy (non-hydrogen) atoms. The first-order valence-electron chi connectivity index (χ1n) is 7.10. The molecule has 1 N–H and O–H groups in total. The van der Waals surface area contributed by atoms with E-state index in [1.807, 2.05) is 0 Å². The fourth-order valence-corrected chi connectivity index (χ4v) is 2.98. The zero-order valence-corrected chi connectivity index (χ0v) is 12.3. The van der Waals surface area contributed by atoms with Crippen LogP contribution in [-0.2, 0) is 0 Å². The van der Waals surface area contributed by atoms with Gasteiger partial charge in [-0.15, -0.1) is 6.42 Å². The maximum atomic E-state index is 5.36. The summed E-state index contributed by atoms with van der Waals surface area (Å²) in [6, 6.07) is 5.08. The number of aryl methyl sites for hydroxylation is 3. The number of likely N-dealkylation sites (tertiary alicyclic amines) is 1. The average molecular weight is 256 g/mol. The van der Waals surface area contributed by atoms with Crippen LogP contribution in [0.5, 0.6) is 0 Å². The molecule has 1 aliphatic rings. The van der Waals surface area contributed by atoms with E-state index in [0.717, 1.165) is 19.6 Å². The minimum atomic E-state index is 0.578. The number of benzene rings is 1. The van der Waals surface area contributed by atoms with Crippen LogP contribution in [0.15, 0.2) is 12.1 Å². The highest BCUT2D eigenvalue weighted by atomic mass is 15.1. The largest absolute Gasteiger partial charge is 0.382 e. The standard InChI is InChI=1S/C17H24N2/c1-5-8-19-9-6-16(7-10-19)18-17-14(3)11-13(2)12-15(17)4/h1,11-12,16,18H,6-10H2,2-4H3. The molecule has 0 radical (unpaired) electrons.